The minimum absolute atomic E-state index is 0.0179. The predicted octanol–water partition coefficient (Wildman–Crippen LogP) is 1.52. The lowest BCUT2D eigenvalue weighted by atomic mass is 9.96. The van der Waals surface area contributed by atoms with Crippen molar-refractivity contribution in [3.05, 3.63) is 23.8 Å². The number of hydrogen-bond acceptors (Lipinski definition) is 4. The Hall–Kier alpha value is -1.60. The lowest BCUT2D eigenvalue weighted by Crippen LogP contribution is -2.38. The number of carbonyl (C=O) groups is 1. The molecule has 2 fully saturated rings. The highest BCUT2D eigenvalue weighted by atomic mass is 32.2. The van der Waals surface area contributed by atoms with Gasteiger partial charge in [-0.1, -0.05) is 6.42 Å². The highest BCUT2D eigenvalue weighted by Gasteiger charge is 2.41. The van der Waals surface area contributed by atoms with Crippen molar-refractivity contribution in [2.75, 3.05) is 14.2 Å². The maximum atomic E-state index is 12.6. The number of fused-ring (bicyclic) bond motifs is 2. The number of sulfonamides is 1. The van der Waals surface area contributed by atoms with Crippen molar-refractivity contribution in [2.45, 2.75) is 36.6 Å². The number of carbonyl (C=O) groups excluding carboxylic acids is 1. The molecule has 23 heavy (non-hydrogen) atoms. The van der Waals surface area contributed by atoms with Gasteiger partial charge in [-0.2, -0.15) is 0 Å². The minimum Gasteiger partial charge on any atom is -0.496 e. The summed E-state index contributed by atoms with van der Waals surface area (Å²) in [5.41, 5.74) is 0.214. The monoisotopic (exact) mass is 338 g/mol. The molecule has 0 saturated heterocycles. The van der Waals surface area contributed by atoms with Gasteiger partial charge in [-0.05, 0) is 49.3 Å². The van der Waals surface area contributed by atoms with Crippen LogP contribution in [0.5, 0.6) is 5.75 Å². The van der Waals surface area contributed by atoms with Crippen LogP contribution in [-0.4, -0.2) is 34.5 Å². The van der Waals surface area contributed by atoms with Crippen LogP contribution in [0.2, 0.25) is 0 Å². The predicted molar refractivity (Wildman–Crippen MR) is 85.9 cm³/mol. The normalized spacial score (nSPS) is 26.3. The topological polar surface area (TPSA) is 84.5 Å². The second-order valence-corrected chi connectivity index (χ2v) is 8.06. The van der Waals surface area contributed by atoms with Crippen LogP contribution in [0.1, 0.15) is 36.0 Å². The van der Waals surface area contributed by atoms with Gasteiger partial charge in [0.25, 0.3) is 5.91 Å². The summed E-state index contributed by atoms with van der Waals surface area (Å²) >= 11 is 0. The Kier molecular flexibility index (Phi) is 4.33. The Labute approximate surface area is 136 Å². The molecule has 2 saturated carbocycles. The van der Waals surface area contributed by atoms with Gasteiger partial charge in [0.1, 0.15) is 5.75 Å². The number of amides is 1. The van der Waals surface area contributed by atoms with Crippen molar-refractivity contribution < 1.29 is 17.9 Å². The van der Waals surface area contributed by atoms with E-state index in [1.165, 1.54) is 38.8 Å². The summed E-state index contributed by atoms with van der Waals surface area (Å²) in [4.78, 5) is 12.0. The Bertz CT molecular complexity index is 717. The first-order chi connectivity index (χ1) is 10.9. The second-order valence-electron chi connectivity index (χ2n) is 6.34. The minimum atomic E-state index is -3.64. The second kappa shape index (κ2) is 6.13. The highest BCUT2D eigenvalue weighted by Crippen LogP contribution is 2.44. The van der Waals surface area contributed by atoms with Crippen molar-refractivity contribution in [1.29, 1.82) is 0 Å². The molecule has 0 heterocycles. The van der Waals surface area contributed by atoms with Crippen LogP contribution in [0.3, 0.4) is 0 Å². The molecule has 2 bridgehead atoms. The smallest absolute Gasteiger partial charge is 0.254 e. The number of benzene rings is 1. The number of nitrogens with one attached hydrogen (secondary N) is 2. The third-order valence-corrected chi connectivity index (χ3v) is 6.49. The summed E-state index contributed by atoms with van der Waals surface area (Å²) in [7, 11) is -0.697. The fraction of sp³-hybridized carbons (Fsp3) is 0.562. The van der Waals surface area contributed by atoms with E-state index >= 15 is 0 Å². The zero-order valence-electron chi connectivity index (χ0n) is 13.3. The zero-order chi connectivity index (χ0) is 16.6. The van der Waals surface area contributed by atoms with Gasteiger partial charge >= 0.3 is 0 Å². The molecule has 3 rings (SSSR count). The number of methoxy groups -OCH3 is 1. The fourth-order valence-corrected chi connectivity index (χ4v) is 5.17. The summed E-state index contributed by atoms with van der Waals surface area (Å²) in [6, 6.07) is 4.37. The van der Waals surface area contributed by atoms with Crippen LogP contribution in [0.15, 0.2) is 23.1 Å². The van der Waals surface area contributed by atoms with Crippen molar-refractivity contribution >= 4 is 15.9 Å². The maximum Gasteiger partial charge on any atom is 0.254 e. The molecule has 2 aliphatic carbocycles. The number of hydrogen-bond donors (Lipinski definition) is 2. The van der Waals surface area contributed by atoms with E-state index in [2.05, 4.69) is 10.0 Å². The van der Waals surface area contributed by atoms with Gasteiger partial charge in [0, 0.05) is 13.1 Å². The SMILES string of the molecule is CNC(=O)c1cc(S(=O)(=O)NC2CC3CCC2C3)ccc1OC. The van der Waals surface area contributed by atoms with Gasteiger partial charge in [-0.25, -0.2) is 13.1 Å². The highest BCUT2D eigenvalue weighted by molar-refractivity contribution is 7.89. The van der Waals surface area contributed by atoms with Crippen LogP contribution in [0.25, 0.3) is 0 Å². The van der Waals surface area contributed by atoms with Gasteiger partial charge in [-0.3, -0.25) is 4.79 Å². The quantitative estimate of drug-likeness (QED) is 0.852. The van der Waals surface area contributed by atoms with Gasteiger partial charge in [0.2, 0.25) is 10.0 Å². The van der Waals surface area contributed by atoms with Gasteiger partial charge in [0.05, 0.1) is 17.6 Å². The van der Waals surface area contributed by atoms with Crippen molar-refractivity contribution in [3.63, 3.8) is 0 Å². The summed E-state index contributed by atoms with van der Waals surface area (Å²) in [5, 5.41) is 2.50. The lowest BCUT2D eigenvalue weighted by molar-refractivity contribution is 0.0960. The standard InChI is InChI=1S/C16H22N2O4S/c1-17-16(19)13-9-12(5-6-15(13)22-2)23(20,21)18-14-8-10-3-4-11(14)7-10/h5-6,9-11,14,18H,3-4,7-8H2,1-2H3,(H,17,19). The van der Waals surface area contributed by atoms with E-state index in [4.69, 9.17) is 4.74 Å². The summed E-state index contributed by atoms with van der Waals surface area (Å²) in [5.74, 6) is 1.08. The van der Waals surface area contributed by atoms with E-state index < -0.39 is 10.0 Å². The molecule has 126 valence electrons. The van der Waals surface area contributed by atoms with Gasteiger partial charge in [0.15, 0.2) is 0 Å². The van der Waals surface area contributed by atoms with E-state index in [0.29, 0.717) is 17.6 Å². The molecule has 6 nitrogen and oxygen atoms in total. The Morgan fingerprint density at radius 1 is 1.26 bits per heavy atom. The molecule has 3 unspecified atom stereocenters. The average molecular weight is 338 g/mol. The third kappa shape index (κ3) is 3.07. The molecule has 1 aromatic carbocycles. The molecule has 0 aliphatic heterocycles. The first-order valence-corrected chi connectivity index (χ1v) is 9.35. The Balaban J connectivity index is 1.86. The van der Waals surface area contributed by atoms with E-state index in [1.807, 2.05) is 0 Å². The van der Waals surface area contributed by atoms with Crippen LogP contribution in [0, 0.1) is 11.8 Å². The average Bonchev–Trinajstić information content (AvgIpc) is 3.15. The molecule has 1 aromatic rings. The molecule has 1 amide bonds. The summed E-state index contributed by atoms with van der Waals surface area (Å²) in [6.07, 6.45) is 4.36. The Morgan fingerprint density at radius 2 is 2.04 bits per heavy atom. The van der Waals surface area contributed by atoms with Crippen molar-refractivity contribution in [2.24, 2.45) is 11.8 Å². The molecule has 2 aliphatic rings. The first kappa shape index (κ1) is 16.3. The Morgan fingerprint density at radius 3 is 2.61 bits per heavy atom. The first-order valence-electron chi connectivity index (χ1n) is 7.87. The largest absolute Gasteiger partial charge is 0.496 e. The number of rotatable bonds is 5. The molecular weight excluding hydrogens is 316 g/mol. The summed E-state index contributed by atoms with van der Waals surface area (Å²) < 4.78 is 33.2. The molecular formula is C16H22N2O4S. The zero-order valence-corrected chi connectivity index (χ0v) is 14.2. The molecule has 0 spiro atoms. The molecule has 3 atom stereocenters. The van der Waals surface area contributed by atoms with E-state index in [9.17, 15) is 13.2 Å². The van der Waals surface area contributed by atoms with Gasteiger partial charge in [-0.15, -0.1) is 0 Å². The summed E-state index contributed by atoms with van der Waals surface area (Å²) in [6.45, 7) is 0. The molecule has 2 N–H and O–H groups in total. The number of ether oxygens (including phenoxy) is 1. The van der Waals surface area contributed by atoms with E-state index in [-0.39, 0.29) is 22.4 Å². The lowest BCUT2D eigenvalue weighted by Gasteiger charge is -2.23. The van der Waals surface area contributed by atoms with Crippen LogP contribution >= 0.6 is 0 Å². The molecule has 0 aromatic heterocycles. The third-order valence-electron chi connectivity index (χ3n) is 5.00. The van der Waals surface area contributed by atoms with Gasteiger partial charge < -0.3 is 10.1 Å². The van der Waals surface area contributed by atoms with Crippen LogP contribution in [-0.2, 0) is 10.0 Å². The van der Waals surface area contributed by atoms with E-state index in [0.717, 1.165) is 19.3 Å². The van der Waals surface area contributed by atoms with Crippen molar-refractivity contribution in [3.8, 4) is 5.75 Å². The molecule has 7 heteroatoms. The van der Waals surface area contributed by atoms with Crippen molar-refractivity contribution in [1.82, 2.24) is 10.0 Å². The fourth-order valence-electron chi connectivity index (χ4n) is 3.82. The van der Waals surface area contributed by atoms with Crippen LogP contribution in [0.4, 0.5) is 0 Å². The molecule has 0 radical (unpaired) electrons. The van der Waals surface area contributed by atoms with E-state index in [1.54, 1.807) is 0 Å². The maximum absolute atomic E-state index is 12.6. The van der Waals surface area contributed by atoms with Crippen LogP contribution < -0.4 is 14.8 Å².